The smallest absolute Gasteiger partial charge is 0.255 e. The van der Waals surface area contributed by atoms with Crippen molar-refractivity contribution in [1.82, 2.24) is 4.98 Å². The number of aromatic nitrogens is 1. The Hall–Kier alpha value is -2.56. The summed E-state index contributed by atoms with van der Waals surface area (Å²) in [4.78, 5) is 16.0. The Morgan fingerprint density at radius 3 is 2.67 bits per heavy atom. The fraction of sp³-hybridized carbons (Fsp3) is 0.0769. The molecule has 5 nitrogen and oxygen atoms in total. The number of pyridine rings is 1. The number of phenols is 2. The van der Waals surface area contributed by atoms with E-state index in [9.17, 15) is 9.90 Å². The Labute approximate surface area is 104 Å². The molecule has 0 saturated heterocycles. The number of phenolic OH excluding ortho intramolecular Hbond substituents is 2. The van der Waals surface area contributed by atoms with Gasteiger partial charge in [-0.1, -0.05) is 0 Å². The molecule has 2 aromatic rings. The Bertz CT molecular complexity index is 597. The summed E-state index contributed by atoms with van der Waals surface area (Å²) < 4.78 is 0. The van der Waals surface area contributed by atoms with Crippen LogP contribution in [-0.4, -0.2) is 21.1 Å². The van der Waals surface area contributed by atoms with Gasteiger partial charge in [-0.25, -0.2) is 0 Å². The number of hydrogen-bond donors (Lipinski definition) is 3. The van der Waals surface area contributed by atoms with Gasteiger partial charge in [-0.05, 0) is 37.3 Å². The Kier molecular flexibility index (Phi) is 3.14. The van der Waals surface area contributed by atoms with Crippen molar-refractivity contribution in [3.8, 4) is 11.5 Å². The third kappa shape index (κ3) is 2.40. The molecule has 1 aromatic carbocycles. The lowest BCUT2D eigenvalue weighted by atomic mass is 10.2. The minimum absolute atomic E-state index is 0.258. The minimum atomic E-state index is -0.374. The molecule has 0 saturated carbocycles. The first kappa shape index (κ1) is 11.9. The van der Waals surface area contributed by atoms with Crippen LogP contribution in [-0.2, 0) is 0 Å². The van der Waals surface area contributed by atoms with E-state index in [4.69, 9.17) is 5.11 Å². The van der Waals surface area contributed by atoms with Crippen molar-refractivity contribution in [2.45, 2.75) is 6.92 Å². The molecule has 1 amide bonds. The molecule has 2 rings (SSSR count). The Morgan fingerprint density at radius 1 is 1.22 bits per heavy atom. The van der Waals surface area contributed by atoms with E-state index in [2.05, 4.69) is 10.3 Å². The van der Waals surface area contributed by atoms with Crippen LogP contribution in [0.1, 0.15) is 16.1 Å². The van der Waals surface area contributed by atoms with Gasteiger partial charge in [-0.15, -0.1) is 0 Å². The summed E-state index contributed by atoms with van der Waals surface area (Å²) in [6.45, 7) is 1.78. The third-order valence-corrected chi connectivity index (χ3v) is 2.49. The van der Waals surface area contributed by atoms with E-state index in [1.54, 1.807) is 25.3 Å². The predicted molar refractivity (Wildman–Crippen MR) is 66.7 cm³/mol. The molecule has 0 radical (unpaired) electrons. The SMILES string of the molecule is Cc1ncccc1NC(=O)c1ccc(O)c(O)c1. The Balaban J connectivity index is 2.22. The molecule has 92 valence electrons. The minimum Gasteiger partial charge on any atom is -0.504 e. The molecule has 0 spiro atoms. The van der Waals surface area contributed by atoms with Gasteiger partial charge in [-0.3, -0.25) is 9.78 Å². The molecular weight excluding hydrogens is 232 g/mol. The lowest BCUT2D eigenvalue weighted by Crippen LogP contribution is -2.12. The van der Waals surface area contributed by atoms with Crippen molar-refractivity contribution < 1.29 is 15.0 Å². The quantitative estimate of drug-likeness (QED) is 0.706. The van der Waals surface area contributed by atoms with Gasteiger partial charge in [0.1, 0.15) is 0 Å². The number of aromatic hydroxyl groups is 2. The molecule has 18 heavy (non-hydrogen) atoms. The van der Waals surface area contributed by atoms with Gasteiger partial charge < -0.3 is 15.5 Å². The number of hydrogen-bond acceptors (Lipinski definition) is 4. The molecular formula is C13H12N2O3. The highest BCUT2D eigenvalue weighted by atomic mass is 16.3. The van der Waals surface area contributed by atoms with Crippen LogP contribution in [0.15, 0.2) is 36.5 Å². The highest BCUT2D eigenvalue weighted by Crippen LogP contribution is 2.25. The maximum Gasteiger partial charge on any atom is 0.255 e. The van der Waals surface area contributed by atoms with Crippen molar-refractivity contribution in [3.63, 3.8) is 0 Å². The number of rotatable bonds is 2. The second-order valence-corrected chi connectivity index (χ2v) is 3.79. The van der Waals surface area contributed by atoms with Crippen LogP contribution in [0.3, 0.4) is 0 Å². The van der Waals surface area contributed by atoms with Gasteiger partial charge in [0, 0.05) is 11.8 Å². The zero-order valence-corrected chi connectivity index (χ0v) is 9.71. The summed E-state index contributed by atoms with van der Waals surface area (Å²) >= 11 is 0. The highest BCUT2D eigenvalue weighted by Gasteiger charge is 2.10. The fourth-order valence-corrected chi connectivity index (χ4v) is 1.48. The molecule has 1 heterocycles. The summed E-state index contributed by atoms with van der Waals surface area (Å²) in [5.41, 5.74) is 1.57. The topological polar surface area (TPSA) is 82.5 Å². The summed E-state index contributed by atoms with van der Waals surface area (Å²) in [5, 5.41) is 21.2. The van der Waals surface area contributed by atoms with Crippen molar-refractivity contribution in [2.75, 3.05) is 5.32 Å². The number of benzene rings is 1. The molecule has 5 heteroatoms. The third-order valence-electron chi connectivity index (χ3n) is 2.49. The van der Waals surface area contributed by atoms with Gasteiger partial charge in [0.15, 0.2) is 11.5 Å². The maximum absolute atomic E-state index is 11.9. The van der Waals surface area contributed by atoms with Crippen molar-refractivity contribution in [2.24, 2.45) is 0 Å². The Morgan fingerprint density at radius 2 is 2.00 bits per heavy atom. The van der Waals surface area contributed by atoms with E-state index < -0.39 is 0 Å². The largest absolute Gasteiger partial charge is 0.504 e. The molecule has 0 aliphatic carbocycles. The number of nitrogens with zero attached hydrogens (tertiary/aromatic N) is 1. The highest BCUT2D eigenvalue weighted by molar-refractivity contribution is 6.04. The van der Waals surface area contributed by atoms with E-state index in [1.165, 1.54) is 18.2 Å². The molecule has 0 unspecified atom stereocenters. The fourth-order valence-electron chi connectivity index (χ4n) is 1.48. The molecule has 0 bridgehead atoms. The van der Waals surface area contributed by atoms with Gasteiger partial charge in [0.2, 0.25) is 0 Å². The van der Waals surface area contributed by atoms with Crippen LogP contribution >= 0.6 is 0 Å². The number of nitrogens with one attached hydrogen (secondary N) is 1. The van der Waals surface area contributed by atoms with Crippen LogP contribution in [0.5, 0.6) is 11.5 Å². The number of carbonyl (C=O) groups excluding carboxylic acids is 1. The van der Waals surface area contributed by atoms with E-state index in [0.29, 0.717) is 11.4 Å². The average molecular weight is 244 g/mol. The first-order chi connectivity index (χ1) is 8.58. The molecule has 0 aliphatic heterocycles. The first-order valence-electron chi connectivity index (χ1n) is 5.33. The predicted octanol–water partition coefficient (Wildman–Crippen LogP) is 2.05. The van der Waals surface area contributed by atoms with Crippen molar-refractivity contribution >= 4 is 11.6 Å². The van der Waals surface area contributed by atoms with Crippen molar-refractivity contribution in [3.05, 3.63) is 47.8 Å². The lowest BCUT2D eigenvalue weighted by molar-refractivity contribution is 0.102. The van der Waals surface area contributed by atoms with Gasteiger partial charge in [0.05, 0.1) is 11.4 Å². The number of anilines is 1. The van der Waals surface area contributed by atoms with E-state index in [1.807, 2.05) is 0 Å². The van der Waals surface area contributed by atoms with Crippen LogP contribution < -0.4 is 5.32 Å². The zero-order valence-electron chi connectivity index (χ0n) is 9.71. The summed E-state index contributed by atoms with van der Waals surface area (Å²) in [6.07, 6.45) is 1.64. The van der Waals surface area contributed by atoms with Gasteiger partial charge in [-0.2, -0.15) is 0 Å². The average Bonchev–Trinajstić information content (AvgIpc) is 2.35. The monoisotopic (exact) mass is 244 g/mol. The number of aryl methyl sites for hydroxylation is 1. The summed E-state index contributed by atoms with van der Waals surface area (Å²) in [6, 6.07) is 7.35. The van der Waals surface area contributed by atoms with E-state index in [0.717, 1.165) is 0 Å². The number of amides is 1. The zero-order chi connectivity index (χ0) is 13.1. The van der Waals surface area contributed by atoms with E-state index in [-0.39, 0.29) is 23.0 Å². The maximum atomic E-state index is 11.9. The van der Waals surface area contributed by atoms with E-state index >= 15 is 0 Å². The summed E-state index contributed by atoms with van der Waals surface area (Å²) in [7, 11) is 0. The lowest BCUT2D eigenvalue weighted by Gasteiger charge is -2.07. The molecule has 1 aromatic heterocycles. The van der Waals surface area contributed by atoms with Crippen LogP contribution in [0.25, 0.3) is 0 Å². The summed E-state index contributed by atoms with van der Waals surface area (Å²) in [5.74, 6) is -0.962. The van der Waals surface area contributed by atoms with Crippen LogP contribution in [0.4, 0.5) is 5.69 Å². The standard InChI is InChI=1S/C13H12N2O3/c1-8-10(3-2-6-14-8)15-13(18)9-4-5-11(16)12(17)7-9/h2-7,16-17H,1H3,(H,15,18). The molecule has 0 fully saturated rings. The van der Waals surface area contributed by atoms with Gasteiger partial charge >= 0.3 is 0 Å². The van der Waals surface area contributed by atoms with Gasteiger partial charge in [0.25, 0.3) is 5.91 Å². The van der Waals surface area contributed by atoms with Crippen molar-refractivity contribution in [1.29, 1.82) is 0 Å². The van der Waals surface area contributed by atoms with Crippen LogP contribution in [0.2, 0.25) is 0 Å². The molecule has 3 N–H and O–H groups in total. The molecule has 0 aliphatic rings. The molecule has 0 atom stereocenters. The first-order valence-corrected chi connectivity index (χ1v) is 5.33. The second-order valence-electron chi connectivity index (χ2n) is 3.79. The number of carbonyl (C=O) groups is 1. The second kappa shape index (κ2) is 4.75. The van der Waals surface area contributed by atoms with Crippen LogP contribution in [0, 0.1) is 6.92 Å². The normalized spacial score (nSPS) is 10.1.